The SMILES string of the molecule is CN=C(NCCS(=O)(=O)c1ccccc1F)NCc1ncc(C(C)(C)C)o1. The zero-order chi connectivity index (χ0) is 20.1. The van der Waals surface area contributed by atoms with Crippen molar-refractivity contribution in [1.29, 1.82) is 0 Å². The van der Waals surface area contributed by atoms with Crippen molar-refractivity contribution in [3.8, 4) is 0 Å². The molecule has 0 saturated heterocycles. The van der Waals surface area contributed by atoms with E-state index in [4.69, 9.17) is 4.42 Å². The van der Waals surface area contributed by atoms with Crippen LogP contribution in [0.3, 0.4) is 0 Å². The lowest BCUT2D eigenvalue weighted by Crippen LogP contribution is -2.39. The molecule has 1 heterocycles. The normalized spacial score (nSPS) is 12.9. The second-order valence-corrected chi connectivity index (χ2v) is 9.05. The van der Waals surface area contributed by atoms with E-state index in [1.807, 2.05) is 20.8 Å². The Morgan fingerprint density at radius 2 is 1.96 bits per heavy atom. The summed E-state index contributed by atoms with van der Waals surface area (Å²) in [6, 6.07) is 5.33. The number of aliphatic imine (C=N–C) groups is 1. The van der Waals surface area contributed by atoms with Gasteiger partial charge >= 0.3 is 0 Å². The quantitative estimate of drug-likeness (QED) is 0.574. The van der Waals surface area contributed by atoms with Crippen LogP contribution < -0.4 is 10.6 Å². The van der Waals surface area contributed by atoms with E-state index >= 15 is 0 Å². The van der Waals surface area contributed by atoms with E-state index in [2.05, 4.69) is 20.6 Å². The summed E-state index contributed by atoms with van der Waals surface area (Å²) >= 11 is 0. The van der Waals surface area contributed by atoms with E-state index in [9.17, 15) is 12.8 Å². The summed E-state index contributed by atoms with van der Waals surface area (Å²) in [5.41, 5.74) is -0.133. The summed E-state index contributed by atoms with van der Waals surface area (Å²) in [5.74, 6) is 0.662. The summed E-state index contributed by atoms with van der Waals surface area (Å²) in [6.07, 6.45) is 1.69. The lowest BCUT2D eigenvalue weighted by molar-refractivity contribution is 0.379. The van der Waals surface area contributed by atoms with Crippen LogP contribution in [0, 0.1) is 5.82 Å². The van der Waals surface area contributed by atoms with Crippen molar-refractivity contribution >= 4 is 15.8 Å². The van der Waals surface area contributed by atoms with Crippen LogP contribution in [0.15, 0.2) is 44.8 Å². The molecule has 2 N–H and O–H groups in total. The first-order valence-electron chi connectivity index (χ1n) is 8.50. The first kappa shape index (κ1) is 20.9. The van der Waals surface area contributed by atoms with Crippen molar-refractivity contribution in [1.82, 2.24) is 15.6 Å². The van der Waals surface area contributed by atoms with E-state index in [-0.39, 0.29) is 22.6 Å². The third kappa shape index (κ3) is 5.78. The van der Waals surface area contributed by atoms with Gasteiger partial charge in [0.15, 0.2) is 15.8 Å². The highest BCUT2D eigenvalue weighted by Gasteiger charge is 2.20. The molecule has 0 spiro atoms. The molecule has 0 unspecified atom stereocenters. The molecule has 9 heteroatoms. The molecule has 2 aromatic rings. The number of nitrogens with one attached hydrogen (secondary N) is 2. The first-order valence-corrected chi connectivity index (χ1v) is 10.2. The highest BCUT2D eigenvalue weighted by atomic mass is 32.2. The van der Waals surface area contributed by atoms with Crippen LogP contribution in [0.5, 0.6) is 0 Å². The van der Waals surface area contributed by atoms with Gasteiger partial charge in [0.25, 0.3) is 0 Å². The molecule has 1 aromatic heterocycles. The Morgan fingerprint density at radius 1 is 1.26 bits per heavy atom. The Bertz CT molecular complexity index is 901. The van der Waals surface area contributed by atoms with Gasteiger partial charge in [0.05, 0.1) is 18.5 Å². The van der Waals surface area contributed by atoms with E-state index in [1.54, 1.807) is 13.2 Å². The maximum absolute atomic E-state index is 13.7. The molecule has 0 atom stereocenters. The number of sulfone groups is 1. The zero-order valence-corrected chi connectivity index (χ0v) is 16.7. The van der Waals surface area contributed by atoms with Crippen LogP contribution in [0.2, 0.25) is 0 Å². The number of aromatic nitrogens is 1. The average Bonchev–Trinajstić information content (AvgIpc) is 3.07. The molecule has 148 valence electrons. The van der Waals surface area contributed by atoms with Crippen molar-refractivity contribution in [2.24, 2.45) is 4.99 Å². The molecule has 0 bridgehead atoms. The van der Waals surface area contributed by atoms with Gasteiger partial charge in [-0.05, 0) is 12.1 Å². The predicted octanol–water partition coefficient (Wildman–Crippen LogP) is 2.25. The number of hydrogen-bond acceptors (Lipinski definition) is 5. The number of benzene rings is 1. The van der Waals surface area contributed by atoms with Gasteiger partial charge in [0.1, 0.15) is 16.5 Å². The Hall–Kier alpha value is -2.42. The lowest BCUT2D eigenvalue weighted by Gasteiger charge is -2.13. The molecule has 0 fully saturated rings. The number of hydrogen-bond donors (Lipinski definition) is 2. The fraction of sp³-hybridized carbons (Fsp3) is 0.444. The monoisotopic (exact) mass is 396 g/mol. The smallest absolute Gasteiger partial charge is 0.213 e. The largest absolute Gasteiger partial charge is 0.443 e. The Morgan fingerprint density at radius 3 is 2.56 bits per heavy atom. The number of rotatable bonds is 6. The van der Waals surface area contributed by atoms with Crippen LogP contribution in [0.25, 0.3) is 0 Å². The lowest BCUT2D eigenvalue weighted by atomic mass is 9.94. The molecule has 1 aromatic carbocycles. The van der Waals surface area contributed by atoms with Gasteiger partial charge in [0, 0.05) is 19.0 Å². The van der Waals surface area contributed by atoms with Crippen molar-refractivity contribution in [3.63, 3.8) is 0 Å². The Balaban J connectivity index is 1.87. The van der Waals surface area contributed by atoms with Crippen LogP contribution >= 0.6 is 0 Å². The summed E-state index contributed by atoms with van der Waals surface area (Å²) < 4.78 is 43.8. The van der Waals surface area contributed by atoms with Crippen LogP contribution in [0.1, 0.15) is 32.4 Å². The maximum Gasteiger partial charge on any atom is 0.213 e. The first-order chi connectivity index (χ1) is 12.6. The molecular weight excluding hydrogens is 371 g/mol. The zero-order valence-electron chi connectivity index (χ0n) is 15.9. The minimum absolute atomic E-state index is 0.0785. The number of nitrogens with zero attached hydrogens (tertiary/aromatic N) is 2. The van der Waals surface area contributed by atoms with Crippen molar-refractivity contribution in [2.75, 3.05) is 19.3 Å². The third-order valence-electron chi connectivity index (χ3n) is 3.76. The van der Waals surface area contributed by atoms with E-state index in [0.717, 1.165) is 11.8 Å². The second-order valence-electron chi connectivity index (χ2n) is 6.97. The average molecular weight is 396 g/mol. The molecule has 0 aliphatic rings. The summed E-state index contributed by atoms with van der Waals surface area (Å²) in [6.45, 7) is 6.47. The summed E-state index contributed by atoms with van der Waals surface area (Å²) in [7, 11) is -2.16. The highest BCUT2D eigenvalue weighted by molar-refractivity contribution is 7.91. The minimum Gasteiger partial charge on any atom is -0.443 e. The summed E-state index contributed by atoms with van der Waals surface area (Å²) in [4.78, 5) is 7.93. The van der Waals surface area contributed by atoms with Crippen molar-refractivity contribution < 1.29 is 17.2 Å². The summed E-state index contributed by atoms with van der Waals surface area (Å²) in [5, 5.41) is 5.89. The van der Waals surface area contributed by atoms with Crippen molar-refractivity contribution in [3.05, 3.63) is 47.9 Å². The second kappa shape index (κ2) is 8.51. The molecule has 0 saturated carbocycles. The standard InChI is InChI=1S/C18H25FN4O3S/c1-18(2,3)15-11-22-16(26-15)12-23-17(20-4)21-9-10-27(24,25)14-8-6-5-7-13(14)19/h5-8,11H,9-10,12H2,1-4H3,(H2,20,21,23). The van der Waals surface area contributed by atoms with Crippen LogP contribution in [0.4, 0.5) is 4.39 Å². The van der Waals surface area contributed by atoms with Gasteiger partial charge in [0.2, 0.25) is 5.89 Å². The molecule has 0 aliphatic carbocycles. The molecule has 27 heavy (non-hydrogen) atoms. The maximum atomic E-state index is 13.7. The van der Waals surface area contributed by atoms with Gasteiger partial charge in [-0.3, -0.25) is 4.99 Å². The fourth-order valence-corrected chi connectivity index (χ4v) is 3.47. The third-order valence-corrected chi connectivity index (χ3v) is 5.50. The van der Waals surface area contributed by atoms with Gasteiger partial charge in [-0.1, -0.05) is 32.9 Å². The Labute approximate surface area is 159 Å². The van der Waals surface area contributed by atoms with Gasteiger partial charge in [-0.15, -0.1) is 0 Å². The van der Waals surface area contributed by atoms with E-state index in [1.165, 1.54) is 18.2 Å². The number of halogens is 1. The number of guanidine groups is 1. The molecule has 0 aliphatic heterocycles. The van der Waals surface area contributed by atoms with E-state index in [0.29, 0.717) is 18.4 Å². The molecule has 0 radical (unpaired) electrons. The highest BCUT2D eigenvalue weighted by Crippen LogP contribution is 2.22. The molecule has 0 amide bonds. The van der Waals surface area contributed by atoms with Gasteiger partial charge < -0.3 is 15.1 Å². The van der Waals surface area contributed by atoms with E-state index < -0.39 is 15.7 Å². The Kier molecular flexibility index (Phi) is 6.59. The van der Waals surface area contributed by atoms with Crippen LogP contribution in [-0.2, 0) is 21.8 Å². The topological polar surface area (TPSA) is 96.6 Å². The van der Waals surface area contributed by atoms with Gasteiger partial charge in [-0.25, -0.2) is 17.8 Å². The molecule has 7 nitrogen and oxygen atoms in total. The minimum atomic E-state index is -3.73. The molecular formula is C18H25FN4O3S. The number of oxazole rings is 1. The predicted molar refractivity (Wildman–Crippen MR) is 102 cm³/mol. The molecule has 2 rings (SSSR count). The van der Waals surface area contributed by atoms with Gasteiger partial charge in [-0.2, -0.15) is 0 Å². The van der Waals surface area contributed by atoms with Crippen LogP contribution in [-0.4, -0.2) is 38.7 Å². The van der Waals surface area contributed by atoms with Crippen molar-refractivity contribution in [2.45, 2.75) is 37.6 Å². The fourth-order valence-electron chi connectivity index (χ4n) is 2.23.